The summed E-state index contributed by atoms with van der Waals surface area (Å²) in [5.41, 5.74) is 0.822. The molecule has 10 heteroatoms. The highest BCUT2D eigenvalue weighted by Gasteiger charge is 2.16. The minimum atomic E-state index is -1.82. The number of fused-ring (bicyclic) bond motifs is 1. The average molecular weight is 400 g/mol. The quantitative estimate of drug-likeness (QED) is 0.421. The fourth-order valence-electron chi connectivity index (χ4n) is 1.93. The molecule has 9 nitrogen and oxygen atoms in total. The highest BCUT2D eigenvalue weighted by Crippen LogP contribution is 2.34. The number of thioether (sulfide) groups is 1. The lowest BCUT2D eigenvalue weighted by Crippen LogP contribution is -2.33. The zero-order valence-corrected chi connectivity index (χ0v) is 15.9. The number of nitrogens with one attached hydrogen (secondary N) is 2. The van der Waals surface area contributed by atoms with E-state index in [2.05, 4.69) is 24.5 Å². The number of ether oxygens (including phenoxy) is 1. The number of carbonyl (C=O) groups is 3. The summed E-state index contributed by atoms with van der Waals surface area (Å²) < 4.78 is 5.60. The number of hydrogen-bond donors (Lipinski definition) is 5. The summed E-state index contributed by atoms with van der Waals surface area (Å²) in [6, 6.07) is 5.53. The molecule has 1 unspecified atom stereocenters. The maximum atomic E-state index is 11.3. The fourth-order valence-corrected chi connectivity index (χ4v) is 2.77. The molecule has 1 atom stereocenters. The number of anilines is 1. The van der Waals surface area contributed by atoms with Crippen LogP contribution in [0.25, 0.3) is 0 Å². The van der Waals surface area contributed by atoms with Crippen LogP contribution in [0.4, 0.5) is 5.69 Å². The number of carbonyl (C=O) groups excluding carboxylic acids is 1. The minimum Gasteiger partial charge on any atom is -0.491 e. The van der Waals surface area contributed by atoms with E-state index in [1.165, 1.54) is 11.8 Å². The van der Waals surface area contributed by atoms with Crippen molar-refractivity contribution in [3.63, 3.8) is 0 Å². The molecule has 0 saturated heterocycles. The van der Waals surface area contributed by atoms with Crippen LogP contribution in [0.2, 0.25) is 0 Å². The van der Waals surface area contributed by atoms with E-state index in [1.54, 1.807) is 6.07 Å². The maximum Gasteiger partial charge on any atom is 0.414 e. The Morgan fingerprint density at radius 3 is 2.52 bits per heavy atom. The molecule has 0 aliphatic carbocycles. The molecule has 2 rings (SSSR count). The van der Waals surface area contributed by atoms with E-state index >= 15 is 0 Å². The van der Waals surface area contributed by atoms with E-state index in [9.17, 15) is 9.90 Å². The SMILES string of the molecule is CC(C)CNCC(O)COc1ccc2c(c1)SCC(=O)N2.O=C(O)C(=O)O. The second-order valence-electron chi connectivity index (χ2n) is 6.12. The third kappa shape index (κ3) is 9.27. The van der Waals surface area contributed by atoms with Crippen LogP contribution in [-0.2, 0) is 14.4 Å². The van der Waals surface area contributed by atoms with Gasteiger partial charge in [-0.3, -0.25) is 4.79 Å². The van der Waals surface area contributed by atoms with Crippen molar-refractivity contribution in [1.29, 1.82) is 0 Å². The Balaban J connectivity index is 0.000000527. The van der Waals surface area contributed by atoms with Gasteiger partial charge in [0.1, 0.15) is 18.5 Å². The first kappa shape index (κ1) is 22.7. The van der Waals surface area contributed by atoms with Gasteiger partial charge in [0.2, 0.25) is 5.91 Å². The summed E-state index contributed by atoms with van der Waals surface area (Å²) in [5.74, 6) is -1.93. The maximum absolute atomic E-state index is 11.3. The third-order valence-corrected chi connectivity index (χ3v) is 4.20. The lowest BCUT2D eigenvalue weighted by Gasteiger charge is -2.18. The Hall–Kier alpha value is -2.30. The smallest absolute Gasteiger partial charge is 0.414 e. The van der Waals surface area contributed by atoms with Crippen molar-refractivity contribution in [1.82, 2.24) is 5.32 Å². The summed E-state index contributed by atoms with van der Waals surface area (Å²) in [6.07, 6.45) is -0.535. The van der Waals surface area contributed by atoms with Gasteiger partial charge < -0.3 is 30.7 Å². The molecule has 0 bridgehead atoms. The molecule has 1 amide bonds. The van der Waals surface area contributed by atoms with E-state index in [0.717, 1.165) is 17.1 Å². The van der Waals surface area contributed by atoms with Crippen LogP contribution < -0.4 is 15.4 Å². The van der Waals surface area contributed by atoms with Gasteiger partial charge in [-0.25, -0.2) is 9.59 Å². The van der Waals surface area contributed by atoms with Gasteiger partial charge in [-0.1, -0.05) is 13.8 Å². The molecule has 0 spiro atoms. The normalized spacial score (nSPS) is 13.7. The Kier molecular flexibility index (Phi) is 9.62. The Labute approximate surface area is 161 Å². The lowest BCUT2D eigenvalue weighted by molar-refractivity contribution is -0.159. The van der Waals surface area contributed by atoms with Crippen molar-refractivity contribution >= 4 is 35.3 Å². The second-order valence-corrected chi connectivity index (χ2v) is 7.14. The summed E-state index contributed by atoms with van der Waals surface area (Å²) in [4.78, 5) is 30.5. The third-order valence-electron chi connectivity index (χ3n) is 3.14. The van der Waals surface area contributed by atoms with Crippen molar-refractivity contribution in [3.8, 4) is 5.75 Å². The molecule has 0 saturated carbocycles. The highest BCUT2D eigenvalue weighted by atomic mass is 32.2. The van der Waals surface area contributed by atoms with Gasteiger partial charge in [0.05, 0.1) is 11.4 Å². The molecule has 5 N–H and O–H groups in total. The number of rotatable bonds is 7. The van der Waals surface area contributed by atoms with Crippen LogP contribution in [0.5, 0.6) is 5.75 Å². The highest BCUT2D eigenvalue weighted by molar-refractivity contribution is 8.00. The summed E-state index contributed by atoms with van der Waals surface area (Å²) in [5, 5.41) is 30.6. The number of hydrogen-bond acceptors (Lipinski definition) is 7. The molecule has 1 heterocycles. The predicted molar refractivity (Wildman–Crippen MR) is 100 cm³/mol. The number of benzene rings is 1. The number of aliphatic hydroxyl groups excluding tert-OH is 1. The largest absolute Gasteiger partial charge is 0.491 e. The van der Waals surface area contributed by atoms with Crippen LogP contribution in [-0.4, -0.2) is 64.7 Å². The zero-order valence-electron chi connectivity index (χ0n) is 15.1. The first-order valence-electron chi connectivity index (χ1n) is 8.23. The molecule has 1 aromatic carbocycles. The first-order chi connectivity index (χ1) is 12.7. The molecule has 150 valence electrons. The number of aliphatic hydroxyl groups is 1. The van der Waals surface area contributed by atoms with Gasteiger partial charge in [-0.2, -0.15) is 0 Å². The second kappa shape index (κ2) is 11.4. The standard InChI is InChI=1S/C15H22N2O3S.C2H2O4/c1-10(2)6-16-7-11(18)8-20-12-3-4-13-14(5-12)21-9-15(19)17-13;3-1(4)2(5)6/h3-5,10-11,16,18H,6-9H2,1-2H3,(H,17,19);(H,3,4)(H,5,6). The number of amides is 1. The molecule has 0 radical (unpaired) electrons. The van der Waals surface area contributed by atoms with Gasteiger partial charge in [-0.05, 0) is 30.7 Å². The minimum absolute atomic E-state index is 0.0211. The zero-order chi connectivity index (χ0) is 20.4. The van der Waals surface area contributed by atoms with E-state index in [0.29, 0.717) is 24.0 Å². The van der Waals surface area contributed by atoms with Crippen LogP contribution in [0.15, 0.2) is 23.1 Å². The van der Waals surface area contributed by atoms with Gasteiger partial charge >= 0.3 is 11.9 Å². The van der Waals surface area contributed by atoms with E-state index in [-0.39, 0.29) is 12.5 Å². The van der Waals surface area contributed by atoms with E-state index in [4.69, 9.17) is 24.5 Å². The summed E-state index contributed by atoms with van der Waals surface area (Å²) >= 11 is 1.50. The van der Waals surface area contributed by atoms with Crippen molar-refractivity contribution < 1.29 is 34.4 Å². The Bertz CT molecular complexity index is 655. The summed E-state index contributed by atoms with van der Waals surface area (Å²) in [7, 11) is 0. The molecule has 1 aliphatic heterocycles. The van der Waals surface area contributed by atoms with Gasteiger partial charge in [0.15, 0.2) is 0 Å². The topological polar surface area (TPSA) is 145 Å². The predicted octanol–water partition coefficient (Wildman–Crippen LogP) is 0.872. The molecule has 0 fully saturated rings. The molecular formula is C17H24N2O7S. The van der Waals surface area contributed by atoms with E-state index in [1.807, 2.05) is 12.1 Å². The first-order valence-corrected chi connectivity index (χ1v) is 9.22. The Morgan fingerprint density at radius 2 is 1.93 bits per heavy atom. The molecule has 27 heavy (non-hydrogen) atoms. The van der Waals surface area contributed by atoms with Gasteiger partial charge in [0.25, 0.3) is 0 Å². The van der Waals surface area contributed by atoms with Crippen molar-refractivity contribution in [2.24, 2.45) is 5.92 Å². The fraction of sp³-hybridized carbons (Fsp3) is 0.471. The van der Waals surface area contributed by atoms with Crippen LogP contribution in [0.3, 0.4) is 0 Å². The molecule has 0 aromatic heterocycles. The number of carboxylic acids is 2. The molecule has 1 aromatic rings. The number of aliphatic carboxylic acids is 2. The average Bonchev–Trinajstić information content (AvgIpc) is 2.60. The van der Waals surface area contributed by atoms with Crippen molar-refractivity contribution in [2.45, 2.75) is 24.8 Å². The van der Waals surface area contributed by atoms with E-state index < -0.39 is 18.0 Å². The molecule has 1 aliphatic rings. The van der Waals surface area contributed by atoms with Gasteiger partial charge in [-0.15, -0.1) is 11.8 Å². The van der Waals surface area contributed by atoms with Crippen LogP contribution in [0.1, 0.15) is 13.8 Å². The molecular weight excluding hydrogens is 376 g/mol. The summed E-state index contributed by atoms with van der Waals surface area (Å²) in [6.45, 7) is 5.90. The lowest BCUT2D eigenvalue weighted by atomic mass is 10.2. The van der Waals surface area contributed by atoms with Crippen LogP contribution >= 0.6 is 11.8 Å². The van der Waals surface area contributed by atoms with Crippen molar-refractivity contribution in [2.75, 3.05) is 30.8 Å². The van der Waals surface area contributed by atoms with Crippen molar-refractivity contribution in [3.05, 3.63) is 18.2 Å². The van der Waals surface area contributed by atoms with Gasteiger partial charge in [0, 0.05) is 11.4 Å². The van der Waals surface area contributed by atoms with Crippen LogP contribution in [0, 0.1) is 5.92 Å². The number of carboxylic acid groups (broad SMARTS) is 2. The Morgan fingerprint density at radius 1 is 1.26 bits per heavy atom. The monoisotopic (exact) mass is 400 g/mol.